The Morgan fingerprint density at radius 3 is 1.51 bits per heavy atom. The van der Waals surface area contributed by atoms with Crippen molar-refractivity contribution in [1.82, 2.24) is 10.6 Å². The van der Waals surface area contributed by atoms with Gasteiger partial charge in [-0.3, -0.25) is 14.6 Å². The van der Waals surface area contributed by atoms with Gasteiger partial charge in [-0.1, -0.05) is 121 Å². The Morgan fingerprint density at radius 1 is 0.634 bits per heavy atom. The first kappa shape index (κ1) is 29.1. The molecule has 0 saturated carbocycles. The molecule has 0 aliphatic heterocycles. The van der Waals surface area contributed by atoms with Crippen LogP contribution in [0.5, 0.6) is 0 Å². The van der Waals surface area contributed by atoms with E-state index >= 15 is 0 Å². The molecule has 210 valence electrons. The van der Waals surface area contributed by atoms with E-state index in [2.05, 4.69) is 39.9 Å². The molecule has 0 saturated heterocycles. The van der Waals surface area contributed by atoms with Crippen LogP contribution in [0.2, 0.25) is 0 Å². The third-order valence-electron chi connectivity index (χ3n) is 6.99. The number of guanidine groups is 1. The molecule has 7 heteroatoms. The standard InChI is InChI=1S/C34H37N5O2/c35-34(36)37-23-13-22-30(39-33(41)31(27-18-9-3-10-19-27)28-20-11-4-12-21-28)32(40)38-24-29(25-14-5-1-6-15-25)26-16-7-2-8-17-26/h1-12,14-21,29-31H,13,22-24H2,(H,38,40)(H,39,41)(H4,35,36,37)/t30-/m0/s1. The van der Waals surface area contributed by atoms with Crippen LogP contribution in [0.25, 0.3) is 0 Å². The van der Waals surface area contributed by atoms with Crippen LogP contribution in [0, 0.1) is 0 Å². The van der Waals surface area contributed by atoms with Crippen LogP contribution >= 0.6 is 0 Å². The number of nitrogens with zero attached hydrogens (tertiary/aromatic N) is 1. The monoisotopic (exact) mass is 547 g/mol. The number of aliphatic imine (C=N–C) groups is 1. The number of carbonyl (C=O) groups excluding carboxylic acids is 2. The number of rotatable bonds is 13. The molecule has 0 radical (unpaired) electrons. The highest BCUT2D eigenvalue weighted by Gasteiger charge is 2.28. The molecule has 0 aliphatic carbocycles. The summed E-state index contributed by atoms with van der Waals surface area (Å²) in [5, 5.41) is 6.16. The van der Waals surface area contributed by atoms with Crippen molar-refractivity contribution in [1.29, 1.82) is 0 Å². The highest BCUT2D eigenvalue weighted by Crippen LogP contribution is 2.26. The average molecular weight is 548 g/mol. The fourth-order valence-electron chi connectivity index (χ4n) is 4.94. The van der Waals surface area contributed by atoms with Gasteiger partial charge in [0.1, 0.15) is 6.04 Å². The summed E-state index contributed by atoms with van der Waals surface area (Å²) in [5.74, 6) is -1.10. The van der Waals surface area contributed by atoms with E-state index < -0.39 is 12.0 Å². The summed E-state index contributed by atoms with van der Waals surface area (Å²) in [7, 11) is 0. The zero-order valence-corrected chi connectivity index (χ0v) is 23.0. The number of hydrogen-bond donors (Lipinski definition) is 4. The highest BCUT2D eigenvalue weighted by molar-refractivity contribution is 5.92. The molecule has 4 aromatic rings. The van der Waals surface area contributed by atoms with E-state index in [9.17, 15) is 9.59 Å². The van der Waals surface area contributed by atoms with E-state index in [-0.39, 0.29) is 23.7 Å². The average Bonchev–Trinajstić information content (AvgIpc) is 3.01. The van der Waals surface area contributed by atoms with Crippen molar-refractivity contribution in [2.24, 2.45) is 16.5 Å². The maximum absolute atomic E-state index is 13.8. The van der Waals surface area contributed by atoms with Crippen LogP contribution in [0.3, 0.4) is 0 Å². The van der Waals surface area contributed by atoms with Gasteiger partial charge in [0.2, 0.25) is 11.8 Å². The Balaban J connectivity index is 1.54. The molecule has 0 aliphatic rings. The molecule has 0 unspecified atom stereocenters. The number of carbonyl (C=O) groups is 2. The predicted molar refractivity (Wildman–Crippen MR) is 164 cm³/mol. The van der Waals surface area contributed by atoms with Crippen LogP contribution in [0.1, 0.15) is 46.9 Å². The van der Waals surface area contributed by atoms with Gasteiger partial charge >= 0.3 is 0 Å². The largest absolute Gasteiger partial charge is 0.370 e. The van der Waals surface area contributed by atoms with E-state index in [0.29, 0.717) is 25.9 Å². The number of amides is 2. The fraction of sp³-hybridized carbons (Fsp3) is 0.206. The van der Waals surface area contributed by atoms with E-state index in [1.54, 1.807) is 0 Å². The van der Waals surface area contributed by atoms with Crippen molar-refractivity contribution in [3.05, 3.63) is 144 Å². The summed E-state index contributed by atoms with van der Waals surface area (Å²) in [6.07, 6.45) is 0.907. The van der Waals surface area contributed by atoms with Gasteiger partial charge < -0.3 is 22.1 Å². The van der Waals surface area contributed by atoms with Gasteiger partial charge in [0.15, 0.2) is 5.96 Å². The molecule has 0 bridgehead atoms. The number of nitrogens with one attached hydrogen (secondary N) is 2. The Hall–Kier alpha value is -4.91. The summed E-state index contributed by atoms with van der Waals surface area (Å²) in [6.45, 7) is 0.743. The molecule has 0 fully saturated rings. The van der Waals surface area contributed by atoms with E-state index in [1.807, 2.05) is 97.1 Å². The first-order chi connectivity index (χ1) is 20.0. The van der Waals surface area contributed by atoms with Crippen molar-refractivity contribution < 1.29 is 9.59 Å². The maximum Gasteiger partial charge on any atom is 0.242 e. The lowest BCUT2D eigenvalue weighted by Gasteiger charge is -2.25. The van der Waals surface area contributed by atoms with Crippen LogP contribution in [-0.4, -0.2) is 36.9 Å². The second-order valence-electron chi connectivity index (χ2n) is 9.88. The van der Waals surface area contributed by atoms with Gasteiger partial charge in [-0.15, -0.1) is 0 Å². The minimum absolute atomic E-state index is 0.00294. The Morgan fingerprint density at radius 2 is 1.07 bits per heavy atom. The molecule has 4 aromatic carbocycles. The zero-order chi connectivity index (χ0) is 28.9. The molecular formula is C34H37N5O2. The lowest BCUT2D eigenvalue weighted by Crippen LogP contribution is -2.49. The van der Waals surface area contributed by atoms with Crippen molar-refractivity contribution in [3.63, 3.8) is 0 Å². The SMILES string of the molecule is NC(N)=NCCC[C@H](NC(=O)C(c1ccccc1)c1ccccc1)C(=O)NCC(c1ccccc1)c1ccccc1. The van der Waals surface area contributed by atoms with Gasteiger partial charge in [-0.25, -0.2) is 0 Å². The maximum atomic E-state index is 13.8. The number of benzene rings is 4. The molecule has 0 spiro atoms. The van der Waals surface area contributed by atoms with E-state index in [0.717, 1.165) is 22.3 Å². The van der Waals surface area contributed by atoms with Gasteiger partial charge in [-0.05, 0) is 35.1 Å². The van der Waals surface area contributed by atoms with Crippen molar-refractivity contribution in [2.45, 2.75) is 30.7 Å². The van der Waals surface area contributed by atoms with E-state index in [1.165, 1.54) is 0 Å². The van der Waals surface area contributed by atoms with Gasteiger partial charge in [0, 0.05) is 19.0 Å². The Labute approximate surface area is 241 Å². The van der Waals surface area contributed by atoms with Crippen LogP contribution in [0.4, 0.5) is 0 Å². The lowest BCUT2D eigenvalue weighted by molar-refractivity contribution is -0.129. The number of hydrogen-bond acceptors (Lipinski definition) is 3. The quantitative estimate of drug-likeness (QED) is 0.113. The third-order valence-corrected chi connectivity index (χ3v) is 6.99. The molecule has 2 amide bonds. The molecular weight excluding hydrogens is 510 g/mol. The first-order valence-electron chi connectivity index (χ1n) is 13.9. The van der Waals surface area contributed by atoms with Crippen molar-refractivity contribution in [2.75, 3.05) is 13.1 Å². The smallest absolute Gasteiger partial charge is 0.242 e. The van der Waals surface area contributed by atoms with Crippen molar-refractivity contribution in [3.8, 4) is 0 Å². The molecule has 0 heterocycles. The highest BCUT2D eigenvalue weighted by atomic mass is 16.2. The van der Waals surface area contributed by atoms with Gasteiger partial charge in [0.25, 0.3) is 0 Å². The second-order valence-corrected chi connectivity index (χ2v) is 9.88. The number of nitrogens with two attached hydrogens (primary N) is 2. The molecule has 41 heavy (non-hydrogen) atoms. The summed E-state index contributed by atoms with van der Waals surface area (Å²) in [6, 6.07) is 38.6. The minimum atomic E-state index is -0.765. The summed E-state index contributed by atoms with van der Waals surface area (Å²) < 4.78 is 0. The van der Waals surface area contributed by atoms with Gasteiger partial charge in [0.05, 0.1) is 5.92 Å². The molecule has 6 N–H and O–H groups in total. The van der Waals surface area contributed by atoms with Crippen LogP contribution < -0.4 is 22.1 Å². The normalized spacial score (nSPS) is 11.6. The summed E-state index contributed by atoms with van der Waals surface area (Å²) in [4.78, 5) is 31.5. The van der Waals surface area contributed by atoms with Crippen LogP contribution in [-0.2, 0) is 9.59 Å². The zero-order valence-electron chi connectivity index (χ0n) is 23.0. The molecule has 1 atom stereocenters. The lowest BCUT2D eigenvalue weighted by atomic mass is 9.90. The summed E-state index contributed by atoms with van der Waals surface area (Å²) in [5.41, 5.74) is 14.9. The Kier molecular flexibility index (Phi) is 10.7. The third kappa shape index (κ3) is 8.54. The van der Waals surface area contributed by atoms with Crippen LogP contribution in [0.15, 0.2) is 126 Å². The minimum Gasteiger partial charge on any atom is -0.370 e. The second kappa shape index (κ2) is 15.0. The van der Waals surface area contributed by atoms with Crippen molar-refractivity contribution >= 4 is 17.8 Å². The summed E-state index contributed by atoms with van der Waals surface area (Å²) >= 11 is 0. The molecule has 0 aromatic heterocycles. The topological polar surface area (TPSA) is 123 Å². The first-order valence-corrected chi connectivity index (χ1v) is 13.9. The predicted octanol–water partition coefficient (Wildman–Crippen LogP) is 4.31. The van der Waals surface area contributed by atoms with Gasteiger partial charge in [-0.2, -0.15) is 0 Å². The Bertz CT molecular complexity index is 1310. The molecule has 7 nitrogen and oxygen atoms in total. The van der Waals surface area contributed by atoms with E-state index in [4.69, 9.17) is 11.5 Å². The fourth-order valence-corrected chi connectivity index (χ4v) is 4.94. The molecule has 4 rings (SSSR count).